The third-order valence-electron chi connectivity index (χ3n) is 3.61. The van der Waals surface area contributed by atoms with Crippen LogP contribution in [0.25, 0.3) is 0 Å². The molecule has 1 nitrogen and oxygen atoms in total. The fraction of sp³-hybridized carbons (Fsp3) is 0.647. The molecule has 0 radical (unpaired) electrons. The molecule has 3 heteroatoms. The minimum Gasteiger partial charge on any atom is -0.508 e. The van der Waals surface area contributed by atoms with Gasteiger partial charge < -0.3 is 5.11 Å². The van der Waals surface area contributed by atoms with Crippen LogP contribution in [0.2, 0.25) is 0 Å². The monoisotopic (exact) mass is 312 g/mol. The molecule has 1 aliphatic heterocycles. The van der Waals surface area contributed by atoms with Crippen LogP contribution >= 0.6 is 15.9 Å². The van der Waals surface area contributed by atoms with Gasteiger partial charge in [0.25, 0.3) is 0 Å². The van der Waals surface area contributed by atoms with Crippen LogP contribution in [0.4, 0.5) is 0 Å². The molecule has 0 saturated carbocycles. The molecule has 20 heavy (non-hydrogen) atoms. The van der Waals surface area contributed by atoms with Crippen molar-refractivity contribution in [1.82, 2.24) is 0 Å². The van der Waals surface area contributed by atoms with Gasteiger partial charge in [-0.3, -0.25) is 0 Å². The second-order valence-corrected chi connectivity index (χ2v) is 10.5. The zero-order chi connectivity index (χ0) is 14.6. The number of aliphatic hydroxyl groups is 1. The van der Waals surface area contributed by atoms with Gasteiger partial charge in [0.1, 0.15) is 5.76 Å². The molecule has 0 aliphatic carbocycles. The van der Waals surface area contributed by atoms with Crippen molar-refractivity contribution in [2.45, 2.75) is 58.3 Å². The van der Waals surface area contributed by atoms with E-state index in [2.05, 4.69) is 19.6 Å². The molecule has 1 rings (SSSR count). The lowest BCUT2D eigenvalue weighted by Gasteiger charge is -2.22. The van der Waals surface area contributed by atoms with Crippen LogP contribution in [0.1, 0.15) is 58.3 Å². The highest BCUT2D eigenvalue weighted by Crippen LogP contribution is 2.64. The molecule has 0 aromatic heterocycles. The van der Waals surface area contributed by atoms with Crippen molar-refractivity contribution in [3.05, 3.63) is 35.9 Å². The molecule has 2 unspecified atom stereocenters. The summed E-state index contributed by atoms with van der Waals surface area (Å²) in [5, 5.41) is 11.2. The van der Waals surface area contributed by atoms with E-state index in [1.54, 1.807) is 0 Å². The summed E-state index contributed by atoms with van der Waals surface area (Å²) in [6.45, 7) is 6.08. The lowest BCUT2D eigenvalue weighted by Crippen LogP contribution is -1.94. The summed E-state index contributed by atoms with van der Waals surface area (Å²) in [6.07, 6.45) is 19.0. The minimum absolute atomic E-state index is 0.111. The quantitative estimate of drug-likeness (QED) is 0.255. The fourth-order valence-electron chi connectivity index (χ4n) is 2.42. The number of hydrogen-bond donors (Lipinski definition) is 1. The Bertz CT molecular complexity index is 334. The first-order valence-corrected chi connectivity index (χ1v) is 11.6. The highest BCUT2D eigenvalue weighted by atomic mass is 32.0. The summed E-state index contributed by atoms with van der Waals surface area (Å²) >= 11 is 0. The Balaban J connectivity index is 2.15. The van der Waals surface area contributed by atoms with E-state index >= 15 is 0 Å². The van der Waals surface area contributed by atoms with Crippen molar-refractivity contribution < 1.29 is 5.11 Å². The van der Waals surface area contributed by atoms with Crippen LogP contribution in [0.3, 0.4) is 0 Å². The maximum Gasteiger partial charge on any atom is 0.119 e. The second kappa shape index (κ2) is 11.5. The topological polar surface area (TPSA) is 20.2 Å². The highest BCUT2D eigenvalue weighted by molar-refractivity contribution is 8.23. The molecule has 0 bridgehead atoms. The van der Waals surface area contributed by atoms with E-state index in [0.717, 1.165) is 20.9 Å². The van der Waals surface area contributed by atoms with Crippen LogP contribution in [0.15, 0.2) is 35.9 Å². The number of hydrogen-bond acceptors (Lipinski definition) is 1. The SMILES string of the molecule is C=CCC1=C(O)C=CCP1PCCCCCCCCC. The Labute approximate surface area is 128 Å². The molecule has 1 heterocycles. The van der Waals surface area contributed by atoms with Gasteiger partial charge in [0.05, 0.1) is 0 Å². The molecule has 0 aromatic carbocycles. The Morgan fingerprint density at radius 1 is 1.25 bits per heavy atom. The van der Waals surface area contributed by atoms with Crippen molar-refractivity contribution >= 4 is 15.9 Å². The van der Waals surface area contributed by atoms with Crippen LogP contribution in [-0.4, -0.2) is 17.4 Å². The Morgan fingerprint density at radius 3 is 2.65 bits per heavy atom. The molecular formula is C17H30OP2. The standard InChI is InChI=1S/C17H30OP2/c1-3-5-6-7-8-9-10-14-19-20-15-11-13-16(18)17(20)12-4-2/h4,11,13,18-19H,2-3,5-10,12,14-15H2,1H3. The normalized spacial score (nSPS) is 19.1. The van der Waals surface area contributed by atoms with E-state index in [9.17, 15) is 5.11 Å². The molecule has 0 fully saturated rings. The summed E-state index contributed by atoms with van der Waals surface area (Å²) < 4.78 is 0. The predicted octanol–water partition coefficient (Wildman–Crippen LogP) is 6.73. The van der Waals surface area contributed by atoms with Gasteiger partial charge in [-0.2, -0.15) is 0 Å². The summed E-state index contributed by atoms with van der Waals surface area (Å²) in [7, 11) is 0.906. The fourth-order valence-corrected chi connectivity index (χ4v) is 7.83. The molecular weight excluding hydrogens is 282 g/mol. The Kier molecular flexibility index (Phi) is 10.3. The lowest BCUT2D eigenvalue weighted by atomic mass is 10.1. The number of aliphatic hydroxyl groups excluding tert-OH is 1. The molecule has 2 atom stereocenters. The van der Waals surface area contributed by atoms with E-state index in [0.29, 0.717) is 5.76 Å². The zero-order valence-electron chi connectivity index (χ0n) is 12.9. The smallest absolute Gasteiger partial charge is 0.119 e. The maximum absolute atomic E-state index is 9.96. The van der Waals surface area contributed by atoms with Gasteiger partial charge in [-0.05, 0) is 38.9 Å². The van der Waals surface area contributed by atoms with E-state index in [1.807, 2.05) is 12.2 Å². The van der Waals surface area contributed by atoms with Crippen LogP contribution in [0, 0.1) is 0 Å². The largest absolute Gasteiger partial charge is 0.508 e. The first-order chi connectivity index (χ1) is 9.79. The van der Waals surface area contributed by atoms with Gasteiger partial charge in [-0.25, -0.2) is 0 Å². The van der Waals surface area contributed by atoms with Crippen molar-refractivity contribution in [2.75, 3.05) is 12.3 Å². The number of rotatable bonds is 11. The lowest BCUT2D eigenvalue weighted by molar-refractivity contribution is 0.428. The van der Waals surface area contributed by atoms with E-state index in [-0.39, 0.29) is 7.61 Å². The first kappa shape index (κ1) is 17.9. The van der Waals surface area contributed by atoms with Crippen LogP contribution < -0.4 is 0 Å². The van der Waals surface area contributed by atoms with Crippen molar-refractivity contribution in [3.8, 4) is 0 Å². The summed E-state index contributed by atoms with van der Waals surface area (Å²) in [5.74, 6) is 0.523. The van der Waals surface area contributed by atoms with Crippen molar-refractivity contribution in [3.63, 3.8) is 0 Å². The van der Waals surface area contributed by atoms with Crippen molar-refractivity contribution in [2.24, 2.45) is 0 Å². The number of unbranched alkanes of at least 4 members (excludes halogenated alkanes) is 6. The molecule has 0 amide bonds. The van der Waals surface area contributed by atoms with E-state index in [1.165, 1.54) is 56.4 Å². The average molecular weight is 312 g/mol. The molecule has 114 valence electrons. The van der Waals surface area contributed by atoms with Crippen LogP contribution in [-0.2, 0) is 0 Å². The average Bonchev–Trinajstić information content (AvgIpc) is 2.45. The maximum atomic E-state index is 9.96. The Morgan fingerprint density at radius 2 is 1.95 bits per heavy atom. The summed E-state index contributed by atoms with van der Waals surface area (Å²) in [5.41, 5.74) is 0. The third-order valence-corrected chi connectivity index (χ3v) is 9.38. The minimum atomic E-state index is -0.111. The van der Waals surface area contributed by atoms with Gasteiger partial charge in [-0.15, -0.1) is 6.58 Å². The van der Waals surface area contributed by atoms with Gasteiger partial charge in [0, 0.05) is 5.31 Å². The molecule has 0 saturated heterocycles. The molecule has 1 aliphatic rings. The predicted molar refractivity (Wildman–Crippen MR) is 96.6 cm³/mol. The van der Waals surface area contributed by atoms with Gasteiger partial charge in [0.15, 0.2) is 0 Å². The molecule has 0 aromatic rings. The molecule has 1 N–H and O–H groups in total. The summed E-state index contributed by atoms with van der Waals surface area (Å²) in [4.78, 5) is 0. The second-order valence-electron chi connectivity index (χ2n) is 5.37. The van der Waals surface area contributed by atoms with E-state index < -0.39 is 0 Å². The first-order valence-electron chi connectivity index (χ1n) is 8.00. The third kappa shape index (κ3) is 7.05. The zero-order valence-corrected chi connectivity index (χ0v) is 14.8. The van der Waals surface area contributed by atoms with Gasteiger partial charge in [0.2, 0.25) is 0 Å². The van der Waals surface area contributed by atoms with E-state index in [4.69, 9.17) is 0 Å². The van der Waals surface area contributed by atoms with Crippen LogP contribution in [0.5, 0.6) is 0 Å². The Hall–Kier alpha value is -0.120. The summed E-state index contributed by atoms with van der Waals surface area (Å²) in [6, 6.07) is 0. The van der Waals surface area contributed by atoms with Gasteiger partial charge in [-0.1, -0.05) is 65.9 Å². The van der Waals surface area contributed by atoms with Crippen molar-refractivity contribution in [1.29, 1.82) is 0 Å². The number of allylic oxidation sites excluding steroid dienone is 4. The highest BCUT2D eigenvalue weighted by Gasteiger charge is 2.17. The van der Waals surface area contributed by atoms with Gasteiger partial charge >= 0.3 is 0 Å². The molecule has 0 spiro atoms.